The highest BCUT2D eigenvalue weighted by molar-refractivity contribution is 5.75. The Morgan fingerprint density at radius 2 is 2.00 bits per heavy atom. The van der Waals surface area contributed by atoms with Gasteiger partial charge in [-0.05, 0) is 49.8 Å². The number of carboxylic acids is 1. The molecule has 0 spiro atoms. The van der Waals surface area contributed by atoms with Crippen molar-refractivity contribution in [3.63, 3.8) is 0 Å². The van der Waals surface area contributed by atoms with E-state index >= 15 is 0 Å². The number of nitrogens with one attached hydrogen (secondary N) is 1. The first-order valence-corrected chi connectivity index (χ1v) is 9.23. The zero-order valence-corrected chi connectivity index (χ0v) is 14.6. The van der Waals surface area contributed by atoms with E-state index in [1.165, 1.54) is 31.2 Å². The molecule has 25 heavy (non-hydrogen) atoms. The Labute approximate surface area is 148 Å². The molecule has 2 saturated carbocycles. The normalized spacial score (nSPS) is 22.9. The molecule has 5 heteroatoms. The van der Waals surface area contributed by atoms with Crippen LogP contribution in [0.4, 0.5) is 5.69 Å². The molecule has 0 amide bonds. The minimum Gasteiger partial charge on any atom is -0.481 e. The molecule has 1 aromatic carbocycles. The van der Waals surface area contributed by atoms with Crippen molar-refractivity contribution in [1.82, 2.24) is 9.78 Å². The van der Waals surface area contributed by atoms with Crippen molar-refractivity contribution in [2.45, 2.75) is 57.5 Å². The SMILES string of the molecule is Cc1nn(C2CCCC2)cc1CNc1ccc([C@@H]2C[C@H]2C(=O)O)cc1. The topological polar surface area (TPSA) is 67.2 Å². The average Bonchev–Trinajstić information content (AvgIpc) is 3.06. The molecule has 0 saturated heterocycles. The lowest BCUT2D eigenvalue weighted by Gasteiger charge is -2.09. The second-order valence-corrected chi connectivity index (χ2v) is 7.42. The van der Waals surface area contributed by atoms with Crippen LogP contribution in [0.5, 0.6) is 0 Å². The van der Waals surface area contributed by atoms with E-state index in [1.807, 2.05) is 24.3 Å². The van der Waals surface area contributed by atoms with Crippen molar-refractivity contribution in [3.8, 4) is 0 Å². The fraction of sp³-hybridized carbons (Fsp3) is 0.500. The molecule has 2 aliphatic rings. The molecule has 2 N–H and O–H groups in total. The number of carboxylic acid groups (broad SMARTS) is 1. The fourth-order valence-electron chi connectivity index (χ4n) is 3.93. The van der Waals surface area contributed by atoms with E-state index in [9.17, 15) is 4.79 Å². The summed E-state index contributed by atoms with van der Waals surface area (Å²) in [6.45, 7) is 2.84. The number of aromatic nitrogens is 2. The van der Waals surface area contributed by atoms with Crippen molar-refractivity contribution in [2.24, 2.45) is 5.92 Å². The van der Waals surface area contributed by atoms with Gasteiger partial charge in [0.1, 0.15) is 0 Å². The molecular formula is C20H25N3O2. The Morgan fingerprint density at radius 1 is 1.28 bits per heavy atom. The second-order valence-electron chi connectivity index (χ2n) is 7.42. The largest absolute Gasteiger partial charge is 0.481 e. The monoisotopic (exact) mass is 339 g/mol. The highest BCUT2D eigenvalue weighted by Crippen LogP contribution is 2.47. The molecule has 2 fully saturated rings. The van der Waals surface area contributed by atoms with Crippen molar-refractivity contribution < 1.29 is 9.90 Å². The van der Waals surface area contributed by atoms with Crippen LogP contribution in [0, 0.1) is 12.8 Å². The molecule has 5 nitrogen and oxygen atoms in total. The molecule has 0 bridgehead atoms. The van der Waals surface area contributed by atoms with Gasteiger partial charge in [-0.25, -0.2) is 0 Å². The van der Waals surface area contributed by atoms with Crippen LogP contribution in [0.3, 0.4) is 0 Å². The summed E-state index contributed by atoms with van der Waals surface area (Å²) in [4.78, 5) is 11.0. The standard InChI is InChI=1S/C20H25N3O2/c1-13-15(12-23(22-13)17-4-2-3-5-17)11-21-16-8-6-14(7-9-16)18-10-19(18)20(24)25/h6-9,12,17-19,21H,2-5,10-11H2,1H3,(H,24,25)/t18-,19+/m0/s1. The summed E-state index contributed by atoms with van der Waals surface area (Å²) < 4.78 is 2.15. The second kappa shape index (κ2) is 6.54. The van der Waals surface area contributed by atoms with E-state index < -0.39 is 5.97 Å². The van der Waals surface area contributed by atoms with E-state index in [0.717, 1.165) is 29.9 Å². The highest BCUT2D eigenvalue weighted by atomic mass is 16.4. The lowest BCUT2D eigenvalue weighted by Crippen LogP contribution is -2.05. The summed E-state index contributed by atoms with van der Waals surface area (Å²) in [5.74, 6) is -0.678. The summed E-state index contributed by atoms with van der Waals surface area (Å²) in [5.41, 5.74) is 4.52. The van der Waals surface area contributed by atoms with Gasteiger partial charge >= 0.3 is 5.97 Å². The van der Waals surface area contributed by atoms with Gasteiger partial charge in [0.05, 0.1) is 17.7 Å². The molecule has 2 aliphatic carbocycles. The number of hydrogen-bond donors (Lipinski definition) is 2. The van der Waals surface area contributed by atoms with Crippen LogP contribution in [0.15, 0.2) is 30.5 Å². The number of carbonyl (C=O) groups is 1. The van der Waals surface area contributed by atoms with Crippen LogP contribution in [0.1, 0.15) is 60.9 Å². The third kappa shape index (κ3) is 3.41. The van der Waals surface area contributed by atoms with Crippen LogP contribution in [-0.4, -0.2) is 20.9 Å². The number of aryl methyl sites for hydroxylation is 1. The molecule has 1 heterocycles. The van der Waals surface area contributed by atoms with E-state index in [4.69, 9.17) is 10.2 Å². The smallest absolute Gasteiger partial charge is 0.307 e. The van der Waals surface area contributed by atoms with Crippen LogP contribution in [-0.2, 0) is 11.3 Å². The van der Waals surface area contributed by atoms with Crippen molar-refractivity contribution in [3.05, 3.63) is 47.3 Å². The first kappa shape index (κ1) is 16.2. The maximum absolute atomic E-state index is 11.0. The molecule has 0 aliphatic heterocycles. The Hall–Kier alpha value is -2.30. The molecule has 2 aromatic rings. The Bertz CT molecular complexity index is 760. The van der Waals surface area contributed by atoms with Crippen LogP contribution >= 0.6 is 0 Å². The van der Waals surface area contributed by atoms with Gasteiger partial charge < -0.3 is 10.4 Å². The van der Waals surface area contributed by atoms with Gasteiger partial charge in [0.25, 0.3) is 0 Å². The van der Waals surface area contributed by atoms with Gasteiger partial charge in [0.15, 0.2) is 0 Å². The van der Waals surface area contributed by atoms with Gasteiger partial charge in [-0.15, -0.1) is 0 Å². The lowest BCUT2D eigenvalue weighted by atomic mass is 10.1. The van der Waals surface area contributed by atoms with Crippen LogP contribution in [0.2, 0.25) is 0 Å². The number of rotatable bonds is 6. The van der Waals surface area contributed by atoms with E-state index in [2.05, 4.69) is 23.1 Å². The molecular weight excluding hydrogens is 314 g/mol. The maximum atomic E-state index is 11.0. The van der Waals surface area contributed by atoms with Crippen molar-refractivity contribution in [2.75, 3.05) is 5.32 Å². The summed E-state index contributed by atoms with van der Waals surface area (Å²) in [5, 5.41) is 17.2. The zero-order chi connectivity index (χ0) is 17.4. The fourth-order valence-corrected chi connectivity index (χ4v) is 3.93. The summed E-state index contributed by atoms with van der Waals surface area (Å²) in [6, 6.07) is 8.76. The highest BCUT2D eigenvalue weighted by Gasteiger charge is 2.43. The first-order chi connectivity index (χ1) is 12.1. The molecule has 4 rings (SSSR count). The van der Waals surface area contributed by atoms with Crippen LogP contribution < -0.4 is 5.32 Å². The van der Waals surface area contributed by atoms with Crippen LogP contribution in [0.25, 0.3) is 0 Å². The third-order valence-electron chi connectivity index (χ3n) is 5.65. The predicted molar refractivity (Wildman–Crippen MR) is 96.7 cm³/mol. The third-order valence-corrected chi connectivity index (χ3v) is 5.65. The molecule has 1 aromatic heterocycles. The number of nitrogens with zero attached hydrogens (tertiary/aromatic N) is 2. The van der Waals surface area contributed by atoms with Crippen molar-refractivity contribution in [1.29, 1.82) is 0 Å². The quantitative estimate of drug-likeness (QED) is 0.831. The first-order valence-electron chi connectivity index (χ1n) is 9.23. The average molecular weight is 339 g/mol. The molecule has 0 unspecified atom stereocenters. The lowest BCUT2D eigenvalue weighted by molar-refractivity contribution is -0.138. The van der Waals surface area contributed by atoms with E-state index in [1.54, 1.807) is 0 Å². The minimum atomic E-state index is -0.679. The van der Waals surface area contributed by atoms with E-state index in [0.29, 0.717) is 6.04 Å². The summed E-state index contributed by atoms with van der Waals surface area (Å²) in [6.07, 6.45) is 8.07. The summed E-state index contributed by atoms with van der Waals surface area (Å²) >= 11 is 0. The maximum Gasteiger partial charge on any atom is 0.307 e. The summed E-state index contributed by atoms with van der Waals surface area (Å²) in [7, 11) is 0. The van der Waals surface area contributed by atoms with Crippen molar-refractivity contribution >= 4 is 11.7 Å². The Kier molecular flexibility index (Phi) is 4.24. The molecule has 2 atom stereocenters. The number of anilines is 1. The Morgan fingerprint density at radius 3 is 2.64 bits per heavy atom. The zero-order valence-electron chi connectivity index (χ0n) is 14.6. The van der Waals surface area contributed by atoms with Gasteiger partial charge in [0, 0.05) is 24.0 Å². The number of hydrogen-bond acceptors (Lipinski definition) is 3. The Balaban J connectivity index is 1.36. The number of benzene rings is 1. The predicted octanol–water partition coefficient (Wildman–Crippen LogP) is 4.11. The molecule has 0 radical (unpaired) electrons. The van der Waals surface area contributed by atoms with Gasteiger partial charge in [0.2, 0.25) is 0 Å². The minimum absolute atomic E-state index is 0.192. The van der Waals surface area contributed by atoms with E-state index in [-0.39, 0.29) is 11.8 Å². The van der Waals surface area contributed by atoms with Gasteiger partial charge in [-0.1, -0.05) is 25.0 Å². The number of aliphatic carboxylic acids is 1. The van der Waals surface area contributed by atoms with Gasteiger partial charge in [-0.3, -0.25) is 9.48 Å². The van der Waals surface area contributed by atoms with Gasteiger partial charge in [-0.2, -0.15) is 5.10 Å². The molecule has 132 valence electrons.